The summed E-state index contributed by atoms with van der Waals surface area (Å²) in [5.74, 6) is 0.728. The summed E-state index contributed by atoms with van der Waals surface area (Å²) in [6.07, 6.45) is 1.78. The van der Waals surface area contributed by atoms with Crippen molar-refractivity contribution in [2.75, 3.05) is 6.54 Å². The normalized spacial score (nSPS) is 11.1. The van der Waals surface area contributed by atoms with Crippen LogP contribution in [0.5, 0.6) is 0 Å². The summed E-state index contributed by atoms with van der Waals surface area (Å²) in [7, 11) is 1.88. The van der Waals surface area contributed by atoms with Crippen LogP contribution in [0.15, 0.2) is 29.4 Å². The van der Waals surface area contributed by atoms with Gasteiger partial charge in [-0.15, -0.1) is 24.0 Å². The van der Waals surface area contributed by atoms with Gasteiger partial charge >= 0.3 is 0 Å². The Morgan fingerprint density at radius 3 is 2.67 bits per heavy atom. The van der Waals surface area contributed by atoms with Gasteiger partial charge < -0.3 is 15.2 Å². The van der Waals surface area contributed by atoms with Gasteiger partial charge in [0.1, 0.15) is 5.15 Å². The van der Waals surface area contributed by atoms with Crippen molar-refractivity contribution in [3.8, 4) is 0 Å². The zero-order valence-corrected chi connectivity index (χ0v) is 17.8. The molecule has 2 N–H and O–H groups in total. The van der Waals surface area contributed by atoms with Crippen LogP contribution in [-0.4, -0.2) is 22.1 Å². The van der Waals surface area contributed by atoms with Gasteiger partial charge in [0.25, 0.3) is 0 Å². The van der Waals surface area contributed by atoms with Gasteiger partial charge in [-0.2, -0.15) is 0 Å². The van der Waals surface area contributed by atoms with Gasteiger partial charge in [-0.05, 0) is 31.5 Å². The number of nitrogens with one attached hydrogen (secondary N) is 2. The number of hydrogen-bond donors (Lipinski definition) is 2. The first-order chi connectivity index (χ1) is 11.0. The third-order valence-corrected chi connectivity index (χ3v) is 4.34. The molecule has 132 valence electrons. The summed E-state index contributed by atoms with van der Waals surface area (Å²) in [4.78, 5) is 8.93. The van der Waals surface area contributed by atoms with E-state index in [1.807, 2.05) is 43.7 Å². The number of aromatic nitrogens is 2. The fourth-order valence-corrected chi connectivity index (χ4v) is 2.53. The summed E-state index contributed by atoms with van der Waals surface area (Å²) < 4.78 is 1.85. The lowest BCUT2D eigenvalue weighted by atomic mass is 10.2. The molecule has 0 radical (unpaired) electrons. The fraction of sp³-hybridized carbons (Fsp3) is 0.375. The molecule has 0 aliphatic heterocycles. The number of aryl methyl sites for hydroxylation is 1. The molecule has 2 aromatic rings. The number of guanidine groups is 1. The summed E-state index contributed by atoms with van der Waals surface area (Å²) in [6, 6.07) is 5.81. The number of rotatable bonds is 5. The maximum absolute atomic E-state index is 6.08. The van der Waals surface area contributed by atoms with Crippen molar-refractivity contribution in [1.82, 2.24) is 20.2 Å². The molecule has 5 nitrogen and oxygen atoms in total. The van der Waals surface area contributed by atoms with Crippen molar-refractivity contribution in [3.63, 3.8) is 0 Å². The molecule has 0 spiro atoms. The molecule has 24 heavy (non-hydrogen) atoms. The Hall–Kier alpha value is -0.990. The van der Waals surface area contributed by atoms with E-state index in [1.54, 1.807) is 6.20 Å². The van der Waals surface area contributed by atoms with Crippen molar-refractivity contribution in [3.05, 3.63) is 51.5 Å². The van der Waals surface area contributed by atoms with Crippen LogP contribution in [0.25, 0.3) is 0 Å². The topological polar surface area (TPSA) is 54.2 Å². The highest BCUT2D eigenvalue weighted by molar-refractivity contribution is 14.0. The number of aliphatic imine (C=N–C) groups is 1. The summed E-state index contributed by atoms with van der Waals surface area (Å²) >= 11 is 12.1. The minimum absolute atomic E-state index is 0. The van der Waals surface area contributed by atoms with Crippen LogP contribution >= 0.6 is 47.2 Å². The molecule has 0 fully saturated rings. The smallest absolute Gasteiger partial charge is 0.191 e. The first-order valence-corrected chi connectivity index (χ1v) is 8.20. The van der Waals surface area contributed by atoms with Gasteiger partial charge in [-0.3, -0.25) is 4.98 Å². The Balaban J connectivity index is 0.00000288. The van der Waals surface area contributed by atoms with E-state index in [9.17, 15) is 0 Å². The lowest BCUT2D eigenvalue weighted by Crippen LogP contribution is -2.37. The van der Waals surface area contributed by atoms with Crippen LogP contribution in [0.4, 0.5) is 0 Å². The lowest BCUT2D eigenvalue weighted by molar-refractivity contribution is 0.750. The second kappa shape index (κ2) is 10.1. The molecular weight excluding hydrogens is 460 g/mol. The Morgan fingerprint density at radius 1 is 1.33 bits per heavy atom. The number of pyridine rings is 1. The van der Waals surface area contributed by atoms with Crippen LogP contribution in [-0.2, 0) is 20.1 Å². The highest BCUT2D eigenvalue weighted by Crippen LogP contribution is 2.24. The molecule has 0 aromatic carbocycles. The van der Waals surface area contributed by atoms with Crippen molar-refractivity contribution < 1.29 is 0 Å². The van der Waals surface area contributed by atoms with Crippen molar-refractivity contribution in [1.29, 1.82) is 0 Å². The predicted molar refractivity (Wildman–Crippen MR) is 111 cm³/mol. The van der Waals surface area contributed by atoms with Crippen molar-refractivity contribution >= 4 is 53.1 Å². The van der Waals surface area contributed by atoms with E-state index in [0.717, 1.165) is 29.5 Å². The van der Waals surface area contributed by atoms with Gasteiger partial charge in [-0.25, -0.2) is 4.99 Å². The van der Waals surface area contributed by atoms with Crippen LogP contribution in [0, 0.1) is 6.92 Å². The van der Waals surface area contributed by atoms with Gasteiger partial charge in [-0.1, -0.05) is 29.3 Å². The molecule has 0 atom stereocenters. The number of nitrogens with zero attached hydrogens (tertiary/aromatic N) is 3. The van der Waals surface area contributed by atoms with E-state index in [1.165, 1.54) is 0 Å². The van der Waals surface area contributed by atoms with Gasteiger partial charge in [0, 0.05) is 25.5 Å². The average Bonchev–Trinajstić information content (AvgIpc) is 2.78. The van der Waals surface area contributed by atoms with E-state index in [2.05, 4.69) is 20.6 Å². The molecule has 0 unspecified atom stereocenters. The molecule has 0 aliphatic carbocycles. The third-order valence-electron chi connectivity index (χ3n) is 3.50. The molecule has 0 amide bonds. The van der Waals surface area contributed by atoms with E-state index in [0.29, 0.717) is 23.3 Å². The average molecular weight is 482 g/mol. The lowest BCUT2D eigenvalue weighted by Gasteiger charge is -2.12. The van der Waals surface area contributed by atoms with Crippen molar-refractivity contribution in [2.24, 2.45) is 12.0 Å². The number of halogens is 3. The number of hydrogen-bond acceptors (Lipinski definition) is 2. The summed E-state index contributed by atoms with van der Waals surface area (Å²) in [6.45, 7) is 5.94. The Morgan fingerprint density at radius 2 is 2.08 bits per heavy atom. The highest BCUT2D eigenvalue weighted by atomic mass is 127. The zero-order valence-electron chi connectivity index (χ0n) is 13.9. The molecular formula is C16H22Cl2IN5. The van der Waals surface area contributed by atoms with Crippen LogP contribution in [0.2, 0.25) is 10.2 Å². The maximum atomic E-state index is 6.08. The molecule has 0 saturated carbocycles. The molecule has 2 aromatic heterocycles. The predicted octanol–water partition coefficient (Wildman–Crippen LogP) is 3.91. The maximum Gasteiger partial charge on any atom is 0.191 e. The van der Waals surface area contributed by atoms with Crippen molar-refractivity contribution in [2.45, 2.75) is 26.9 Å². The Kier molecular flexibility index (Phi) is 8.86. The quantitative estimate of drug-likeness (QED) is 0.386. The summed E-state index contributed by atoms with van der Waals surface area (Å²) in [5.41, 5.74) is 3.09. The van der Waals surface area contributed by atoms with Gasteiger partial charge in [0.2, 0.25) is 0 Å². The standard InChI is InChI=1S/C16H21Cl2N5.HI/c1-4-19-16(22-10-14-11(2)6-5-7-20-14)21-9-12-8-13(17)15(18)23(12)3;/h5-8H,4,9-10H2,1-3H3,(H2,19,21,22);1H. The zero-order chi connectivity index (χ0) is 16.8. The molecule has 0 bridgehead atoms. The molecule has 8 heteroatoms. The minimum atomic E-state index is 0. The minimum Gasteiger partial charge on any atom is -0.357 e. The van der Waals surface area contributed by atoms with E-state index >= 15 is 0 Å². The molecule has 0 saturated heterocycles. The second-order valence-corrected chi connectivity index (χ2v) is 5.91. The monoisotopic (exact) mass is 481 g/mol. The first kappa shape index (κ1) is 21.1. The largest absolute Gasteiger partial charge is 0.357 e. The van der Waals surface area contributed by atoms with Gasteiger partial charge in [0.05, 0.1) is 23.8 Å². The van der Waals surface area contributed by atoms with E-state index in [-0.39, 0.29) is 24.0 Å². The Labute approximate surface area is 169 Å². The van der Waals surface area contributed by atoms with Crippen LogP contribution in [0.1, 0.15) is 23.9 Å². The first-order valence-electron chi connectivity index (χ1n) is 7.45. The van der Waals surface area contributed by atoms with Crippen LogP contribution in [0.3, 0.4) is 0 Å². The third kappa shape index (κ3) is 5.53. The van der Waals surface area contributed by atoms with E-state index in [4.69, 9.17) is 23.2 Å². The highest BCUT2D eigenvalue weighted by Gasteiger charge is 2.09. The Bertz CT molecular complexity index is 700. The fourth-order valence-electron chi connectivity index (χ4n) is 2.11. The second-order valence-electron chi connectivity index (χ2n) is 5.15. The molecule has 2 rings (SSSR count). The molecule has 2 heterocycles. The molecule has 0 aliphatic rings. The summed E-state index contributed by atoms with van der Waals surface area (Å²) in [5, 5.41) is 7.59. The SMILES string of the molecule is CCNC(=NCc1ncccc1C)NCc1cc(Cl)c(Cl)n1C.I. The van der Waals surface area contributed by atoms with E-state index < -0.39 is 0 Å². The van der Waals surface area contributed by atoms with Gasteiger partial charge in [0.15, 0.2) is 5.96 Å². The van der Waals surface area contributed by atoms with Crippen LogP contribution < -0.4 is 10.6 Å².